The molecule has 1 aromatic rings. The number of hydrogen-bond acceptors (Lipinski definition) is 5. The van der Waals surface area contributed by atoms with E-state index in [1.807, 2.05) is 5.32 Å². The zero-order chi connectivity index (χ0) is 14.5. The molecule has 9 heteroatoms. The molecule has 3 N–H and O–H groups in total. The SMILES string of the molecule is CC(=O)Nc1ccc(OC(=O)NCS(=O)(=O)O)cc1. The van der Waals surface area contributed by atoms with E-state index in [9.17, 15) is 18.0 Å². The Hall–Kier alpha value is -2.13. The Morgan fingerprint density at radius 2 is 1.84 bits per heavy atom. The van der Waals surface area contributed by atoms with Crippen LogP contribution in [0.4, 0.5) is 10.5 Å². The third-order valence-electron chi connectivity index (χ3n) is 1.78. The monoisotopic (exact) mass is 288 g/mol. The Morgan fingerprint density at radius 1 is 1.26 bits per heavy atom. The maximum atomic E-state index is 11.1. The molecule has 0 spiro atoms. The topological polar surface area (TPSA) is 122 Å². The molecule has 0 aliphatic heterocycles. The van der Waals surface area contributed by atoms with Crippen LogP contribution < -0.4 is 15.4 Å². The lowest BCUT2D eigenvalue weighted by Gasteiger charge is -2.06. The summed E-state index contributed by atoms with van der Waals surface area (Å²) >= 11 is 0. The van der Waals surface area contributed by atoms with Gasteiger partial charge in [0.1, 0.15) is 11.6 Å². The summed E-state index contributed by atoms with van der Waals surface area (Å²) in [6.07, 6.45) is -1.02. The number of amides is 2. The molecule has 2 amide bonds. The van der Waals surface area contributed by atoms with Gasteiger partial charge >= 0.3 is 6.09 Å². The van der Waals surface area contributed by atoms with Gasteiger partial charge in [-0.2, -0.15) is 8.42 Å². The molecule has 0 fully saturated rings. The van der Waals surface area contributed by atoms with Gasteiger partial charge in [0.25, 0.3) is 10.1 Å². The van der Waals surface area contributed by atoms with Crippen LogP contribution in [0.25, 0.3) is 0 Å². The second-order valence-electron chi connectivity index (χ2n) is 3.50. The largest absolute Gasteiger partial charge is 0.413 e. The molecule has 0 unspecified atom stereocenters. The van der Waals surface area contributed by atoms with Crippen LogP contribution in [0.15, 0.2) is 24.3 Å². The highest BCUT2D eigenvalue weighted by molar-refractivity contribution is 7.85. The average Bonchev–Trinajstić information content (AvgIpc) is 2.28. The molecule has 0 heterocycles. The standard InChI is InChI=1S/C10H12N2O6S/c1-7(13)12-8-2-4-9(5-3-8)18-10(14)11-6-19(15,16)17/h2-5H,6H2,1H3,(H,11,14)(H,12,13)(H,15,16,17). The number of benzene rings is 1. The molecule has 0 radical (unpaired) electrons. The molecule has 0 aromatic heterocycles. The van der Waals surface area contributed by atoms with Gasteiger partial charge in [0.05, 0.1) is 0 Å². The summed E-state index contributed by atoms with van der Waals surface area (Å²) in [4.78, 5) is 21.9. The van der Waals surface area contributed by atoms with Crippen molar-refractivity contribution in [3.05, 3.63) is 24.3 Å². The molecule has 8 nitrogen and oxygen atoms in total. The normalized spacial score (nSPS) is 10.6. The first-order chi connectivity index (χ1) is 8.76. The lowest BCUT2D eigenvalue weighted by Crippen LogP contribution is -2.31. The molecule has 0 aliphatic carbocycles. The van der Waals surface area contributed by atoms with Gasteiger partial charge in [-0.05, 0) is 24.3 Å². The van der Waals surface area contributed by atoms with Gasteiger partial charge in [-0.1, -0.05) is 0 Å². The van der Waals surface area contributed by atoms with E-state index in [0.717, 1.165) is 0 Å². The minimum absolute atomic E-state index is 0.155. The van der Waals surface area contributed by atoms with E-state index in [-0.39, 0.29) is 11.7 Å². The Bertz CT molecular complexity index is 566. The van der Waals surface area contributed by atoms with E-state index in [1.54, 1.807) is 0 Å². The lowest BCUT2D eigenvalue weighted by atomic mass is 10.3. The van der Waals surface area contributed by atoms with Crippen LogP contribution in [-0.2, 0) is 14.9 Å². The molecule has 0 saturated carbocycles. The highest BCUT2D eigenvalue weighted by Gasteiger charge is 2.09. The van der Waals surface area contributed by atoms with Gasteiger partial charge in [0.2, 0.25) is 5.91 Å². The van der Waals surface area contributed by atoms with Crippen LogP contribution >= 0.6 is 0 Å². The number of carbonyl (C=O) groups is 2. The Kier molecular flexibility index (Phi) is 4.84. The zero-order valence-electron chi connectivity index (χ0n) is 9.91. The molecule has 1 rings (SSSR count). The number of carbonyl (C=O) groups excluding carboxylic acids is 2. The van der Waals surface area contributed by atoms with E-state index < -0.39 is 22.1 Å². The van der Waals surface area contributed by atoms with Gasteiger partial charge in [-0.3, -0.25) is 9.35 Å². The summed E-state index contributed by atoms with van der Waals surface area (Å²) in [6.45, 7) is 1.35. The number of rotatable bonds is 4. The van der Waals surface area contributed by atoms with Crippen molar-refractivity contribution in [2.24, 2.45) is 0 Å². The molecule has 19 heavy (non-hydrogen) atoms. The molecule has 1 aromatic carbocycles. The van der Waals surface area contributed by atoms with Crippen LogP contribution in [0.3, 0.4) is 0 Å². The first-order valence-electron chi connectivity index (χ1n) is 5.05. The minimum atomic E-state index is -4.29. The number of ether oxygens (including phenoxy) is 1. The fourth-order valence-electron chi connectivity index (χ4n) is 1.10. The Labute approximate surface area is 109 Å². The van der Waals surface area contributed by atoms with Crippen LogP contribution in [0.2, 0.25) is 0 Å². The summed E-state index contributed by atoms with van der Waals surface area (Å²) in [7, 11) is -4.29. The maximum Gasteiger partial charge on any atom is 0.413 e. The summed E-state index contributed by atoms with van der Waals surface area (Å²) in [5.41, 5.74) is 0.526. The minimum Gasteiger partial charge on any atom is -0.410 e. The predicted octanol–water partition coefficient (Wildman–Crippen LogP) is 0.579. The maximum absolute atomic E-state index is 11.1. The van der Waals surface area contributed by atoms with E-state index in [2.05, 4.69) is 5.32 Å². The molecule has 0 atom stereocenters. The van der Waals surface area contributed by atoms with Gasteiger partial charge in [0, 0.05) is 12.6 Å². The molecular formula is C10H12N2O6S. The third kappa shape index (κ3) is 6.38. The molecule has 104 valence electrons. The lowest BCUT2D eigenvalue weighted by molar-refractivity contribution is -0.114. The van der Waals surface area contributed by atoms with Gasteiger partial charge in [-0.15, -0.1) is 0 Å². The first-order valence-corrected chi connectivity index (χ1v) is 6.66. The summed E-state index contributed by atoms with van der Waals surface area (Å²) in [5.74, 6) is -1.02. The zero-order valence-corrected chi connectivity index (χ0v) is 10.7. The van der Waals surface area contributed by atoms with Crippen molar-refractivity contribution in [1.29, 1.82) is 0 Å². The Balaban J connectivity index is 2.53. The van der Waals surface area contributed by atoms with Crippen molar-refractivity contribution in [1.82, 2.24) is 5.32 Å². The summed E-state index contributed by atoms with van der Waals surface area (Å²) in [5, 5.41) is 4.37. The van der Waals surface area contributed by atoms with E-state index in [4.69, 9.17) is 9.29 Å². The van der Waals surface area contributed by atoms with Crippen molar-refractivity contribution < 1.29 is 27.3 Å². The highest BCUT2D eigenvalue weighted by Crippen LogP contribution is 2.15. The quantitative estimate of drug-likeness (QED) is 0.697. The fourth-order valence-corrected chi connectivity index (χ4v) is 1.40. The molecule has 0 aliphatic rings. The molecule has 0 bridgehead atoms. The van der Waals surface area contributed by atoms with Gasteiger partial charge < -0.3 is 15.4 Å². The fraction of sp³-hybridized carbons (Fsp3) is 0.200. The first kappa shape index (κ1) is 14.9. The Morgan fingerprint density at radius 3 is 2.32 bits per heavy atom. The van der Waals surface area contributed by atoms with E-state index in [1.165, 1.54) is 31.2 Å². The van der Waals surface area contributed by atoms with Crippen molar-refractivity contribution in [3.8, 4) is 5.75 Å². The van der Waals surface area contributed by atoms with Gasteiger partial charge in [0.15, 0.2) is 0 Å². The van der Waals surface area contributed by atoms with Crippen LogP contribution in [0, 0.1) is 0 Å². The van der Waals surface area contributed by atoms with E-state index >= 15 is 0 Å². The number of anilines is 1. The second-order valence-corrected chi connectivity index (χ2v) is 4.95. The van der Waals surface area contributed by atoms with Crippen LogP contribution in [0.5, 0.6) is 5.75 Å². The average molecular weight is 288 g/mol. The van der Waals surface area contributed by atoms with Crippen LogP contribution in [0.1, 0.15) is 6.92 Å². The van der Waals surface area contributed by atoms with Crippen molar-refractivity contribution in [2.75, 3.05) is 11.2 Å². The van der Waals surface area contributed by atoms with E-state index in [0.29, 0.717) is 5.69 Å². The molecular weight excluding hydrogens is 276 g/mol. The van der Waals surface area contributed by atoms with Crippen molar-refractivity contribution in [2.45, 2.75) is 6.92 Å². The number of hydrogen-bond donors (Lipinski definition) is 3. The van der Waals surface area contributed by atoms with Crippen LogP contribution in [-0.4, -0.2) is 30.8 Å². The third-order valence-corrected chi connectivity index (χ3v) is 2.29. The van der Waals surface area contributed by atoms with Crippen molar-refractivity contribution in [3.63, 3.8) is 0 Å². The molecule has 0 saturated heterocycles. The number of nitrogens with one attached hydrogen (secondary N) is 2. The van der Waals surface area contributed by atoms with Crippen molar-refractivity contribution >= 4 is 27.8 Å². The summed E-state index contributed by atoms with van der Waals surface area (Å²) < 4.78 is 33.9. The summed E-state index contributed by atoms with van der Waals surface area (Å²) in [6, 6.07) is 5.84. The smallest absolute Gasteiger partial charge is 0.410 e. The second kappa shape index (κ2) is 6.16. The van der Waals surface area contributed by atoms with Gasteiger partial charge in [-0.25, -0.2) is 4.79 Å². The predicted molar refractivity (Wildman–Crippen MR) is 66.3 cm³/mol. The highest BCUT2D eigenvalue weighted by atomic mass is 32.2.